The van der Waals surface area contributed by atoms with Crippen molar-refractivity contribution in [3.05, 3.63) is 40.6 Å². The maximum absolute atomic E-state index is 11.0. The fraction of sp³-hybridized carbons (Fsp3) is 0.500. The van der Waals surface area contributed by atoms with Gasteiger partial charge in [-0.3, -0.25) is 15.1 Å². The molecule has 0 saturated heterocycles. The van der Waals surface area contributed by atoms with Gasteiger partial charge in [0.25, 0.3) is 5.69 Å². The van der Waals surface area contributed by atoms with E-state index in [2.05, 4.69) is 36.0 Å². The number of nitro benzene ring substituents is 1. The number of fused-ring (bicyclic) bond motifs is 1. The fourth-order valence-corrected chi connectivity index (χ4v) is 2.87. The number of hydrogen-bond acceptors (Lipinski definition) is 5. The van der Waals surface area contributed by atoms with Gasteiger partial charge in [-0.25, -0.2) is 0 Å². The van der Waals surface area contributed by atoms with Crippen molar-refractivity contribution in [1.82, 2.24) is 9.88 Å². The molecule has 1 aromatic heterocycles. The minimum Gasteiger partial charge on any atom is -0.382 e. The molecular weight excluding hydrogens is 304 g/mol. The largest absolute Gasteiger partial charge is 0.382 e. The van der Waals surface area contributed by atoms with Crippen molar-refractivity contribution in [1.29, 1.82) is 0 Å². The van der Waals surface area contributed by atoms with Gasteiger partial charge in [0.05, 0.1) is 10.4 Å². The number of pyridine rings is 1. The molecule has 1 N–H and O–H groups in total. The minimum atomic E-state index is -0.371. The molecule has 2 rings (SSSR count). The molecule has 6 nitrogen and oxygen atoms in total. The second-order valence-electron chi connectivity index (χ2n) is 6.03. The van der Waals surface area contributed by atoms with Gasteiger partial charge in [0.2, 0.25) is 0 Å². The lowest BCUT2D eigenvalue weighted by Gasteiger charge is -2.20. The van der Waals surface area contributed by atoms with Crippen molar-refractivity contribution in [3.63, 3.8) is 0 Å². The van der Waals surface area contributed by atoms with Crippen LogP contribution in [0, 0.1) is 10.1 Å². The van der Waals surface area contributed by atoms with Gasteiger partial charge in [-0.1, -0.05) is 13.8 Å². The lowest BCUT2D eigenvalue weighted by atomic mass is 10.1. The smallest absolute Gasteiger partial charge is 0.270 e. The summed E-state index contributed by atoms with van der Waals surface area (Å²) in [6.07, 6.45) is 3.91. The Balaban J connectivity index is 2.05. The van der Waals surface area contributed by atoms with Crippen LogP contribution in [-0.2, 0) is 0 Å². The average Bonchev–Trinajstić information content (AvgIpc) is 2.58. The number of rotatable bonds is 9. The molecular formula is C18H26N4O2. The zero-order valence-electron chi connectivity index (χ0n) is 14.7. The van der Waals surface area contributed by atoms with E-state index in [1.807, 2.05) is 6.07 Å². The second kappa shape index (κ2) is 8.59. The van der Waals surface area contributed by atoms with Crippen molar-refractivity contribution in [3.8, 4) is 0 Å². The first-order valence-electron chi connectivity index (χ1n) is 8.57. The number of aromatic nitrogens is 1. The predicted octanol–water partition coefficient (Wildman–Crippen LogP) is 4.07. The number of non-ortho nitro benzene ring substituents is 1. The summed E-state index contributed by atoms with van der Waals surface area (Å²) < 4.78 is 0. The number of hydrogen-bond donors (Lipinski definition) is 1. The summed E-state index contributed by atoms with van der Waals surface area (Å²) >= 11 is 0. The third kappa shape index (κ3) is 4.64. The molecule has 0 aliphatic rings. The molecule has 0 spiro atoms. The molecule has 0 saturated carbocycles. The third-order valence-electron chi connectivity index (χ3n) is 4.34. The van der Waals surface area contributed by atoms with E-state index in [1.165, 1.54) is 6.07 Å². The van der Waals surface area contributed by atoms with Gasteiger partial charge in [-0.2, -0.15) is 0 Å². The highest BCUT2D eigenvalue weighted by molar-refractivity contribution is 5.92. The average molecular weight is 330 g/mol. The molecule has 2 aromatic rings. The minimum absolute atomic E-state index is 0.0905. The van der Waals surface area contributed by atoms with E-state index in [0.29, 0.717) is 6.04 Å². The van der Waals surface area contributed by atoms with Gasteiger partial charge < -0.3 is 10.2 Å². The van der Waals surface area contributed by atoms with Crippen LogP contribution in [0.3, 0.4) is 0 Å². The first-order chi connectivity index (χ1) is 11.5. The molecule has 0 bridgehead atoms. The van der Waals surface area contributed by atoms with E-state index in [4.69, 9.17) is 0 Å². The van der Waals surface area contributed by atoms with Gasteiger partial charge in [0, 0.05) is 35.4 Å². The lowest BCUT2D eigenvalue weighted by molar-refractivity contribution is -0.384. The molecule has 0 fully saturated rings. The molecule has 1 atom stereocenters. The maximum Gasteiger partial charge on any atom is 0.270 e. The van der Waals surface area contributed by atoms with Crippen LogP contribution >= 0.6 is 0 Å². The van der Waals surface area contributed by atoms with Crippen LogP contribution < -0.4 is 5.32 Å². The second-order valence-corrected chi connectivity index (χ2v) is 6.03. The Labute approximate surface area is 143 Å². The summed E-state index contributed by atoms with van der Waals surface area (Å²) in [6, 6.07) is 6.96. The Morgan fingerprint density at radius 1 is 1.29 bits per heavy atom. The van der Waals surface area contributed by atoms with Crippen molar-refractivity contribution in [2.75, 3.05) is 25.0 Å². The topological polar surface area (TPSA) is 71.3 Å². The van der Waals surface area contributed by atoms with E-state index < -0.39 is 0 Å². The summed E-state index contributed by atoms with van der Waals surface area (Å²) in [7, 11) is 0. The Morgan fingerprint density at radius 3 is 2.71 bits per heavy atom. The van der Waals surface area contributed by atoms with E-state index in [1.54, 1.807) is 18.3 Å². The van der Waals surface area contributed by atoms with Gasteiger partial charge in [-0.05, 0) is 51.5 Å². The molecule has 130 valence electrons. The Hall–Kier alpha value is -2.21. The van der Waals surface area contributed by atoms with Gasteiger partial charge >= 0.3 is 0 Å². The van der Waals surface area contributed by atoms with Crippen LogP contribution in [-0.4, -0.2) is 40.5 Å². The van der Waals surface area contributed by atoms with E-state index in [0.717, 1.165) is 49.1 Å². The van der Waals surface area contributed by atoms with Crippen LogP contribution in [0.2, 0.25) is 0 Å². The SMILES string of the molecule is CCN(CC)CCC[C@H](C)Nc1ccnc2ccc([N+](=O)[O-])cc12. The molecule has 1 aromatic carbocycles. The van der Waals surface area contributed by atoms with Crippen molar-refractivity contribution < 1.29 is 4.92 Å². The van der Waals surface area contributed by atoms with Crippen LogP contribution in [0.4, 0.5) is 11.4 Å². The quantitative estimate of drug-likeness (QED) is 0.554. The summed E-state index contributed by atoms with van der Waals surface area (Å²) in [6.45, 7) is 9.77. The molecule has 1 heterocycles. The van der Waals surface area contributed by atoms with Crippen LogP contribution in [0.15, 0.2) is 30.5 Å². The fourth-order valence-electron chi connectivity index (χ4n) is 2.87. The molecule has 6 heteroatoms. The molecule has 0 aliphatic carbocycles. The number of anilines is 1. The highest BCUT2D eigenvalue weighted by atomic mass is 16.6. The Kier molecular flexibility index (Phi) is 6.49. The number of nitrogens with one attached hydrogen (secondary N) is 1. The normalized spacial score (nSPS) is 12.5. The zero-order valence-corrected chi connectivity index (χ0v) is 14.7. The van der Waals surface area contributed by atoms with Crippen LogP contribution in [0.1, 0.15) is 33.6 Å². The summed E-state index contributed by atoms with van der Waals surface area (Å²) in [5.74, 6) is 0. The van der Waals surface area contributed by atoms with Crippen molar-refractivity contribution >= 4 is 22.3 Å². The molecule has 0 unspecified atom stereocenters. The predicted molar refractivity (Wildman–Crippen MR) is 98.5 cm³/mol. The molecule has 0 amide bonds. The highest BCUT2D eigenvalue weighted by Crippen LogP contribution is 2.26. The maximum atomic E-state index is 11.0. The summed E-state index contributed by atoms with van der Waals surface area (Å²) in [5, 5.41) is 15.3. The van der Waals surface area contributed by atoms with Gasteiger partial charge in [0.1, 0.15) is 0 Å². The third-order valence-corrected chi connectivity index (χ3v) is 4.34. The van der Waals surface area contributed by atoms with Gasteiger partial charge in [-0.15, -0.1) is 0 Å². The van der Waals surface area contributed by atoms with E-state index in [9.17, 15) is 10.1 Å². The number of nitrogens with zero attached hydrogens (tertiary/aromatic N) is 3. The monoisotopic (exact) mass is 330 g/mol. The van der Waals surface area contributed by atoms with Crippen molar-refractivity contribution in [2.45, 2.75) is 39.7 Å². The molecule has 0 radical (unpaired) electrons. The molecule has 0 aliphatic heterocycles. The van der Waals surface area contributed by atoms with Crippen molar-refractivity contribution in [2.24, 2.45) is 0 Å². The number of nitro groups is 1. The zero-order chi connectivity index (χ0) is 17.5. The first-order valence-corrected chi connectivity index (χ1v) is 8.57. The Bertz CT molecular complexity index is 686. The van der Waals surface area contributed by atoms with E-state index >= 15 is 0 Å². The Morgan fingerprint density at radius 2 is 2.04 bits per heavy atom. The number of benzene rings is 1. The lowest BCUT2D eigenvalue weighted by Crippen LogP contribution is -2.25. The summed E-state index contributed by atoms with van der Waals surface area (Å²) in [4.78, 5) is 17.3. The first kappa shape index (κ1) is 18.1. The summed E-state index contributed by atoms with van der Waals surface area (Å²) in [5.41, 5.74) is 1.76. The van der Waals surface area contributed by atoms with Gasteiger partial charge in [0.15, 0.2) is 0 Å². The standard InChI is InChI=1S/C18H26N4O2/c1-4-21(5-2)12-6-7-14(3)20-18-10-11-19-17-9-8-15(22(23)24)13-16(17)18/h8-11,13-14H,4-7,12H2,1-3H3,(H,19,20)/t14-/m0/s1. The highest BCUT2D eigenvalue weighted by Gasteiger charge is 2.11. The molecule has 24 heavy (non-hydrogen) atoms. The van der Waals surface area contributed by atoms with Crippen LogP contribution in [0.25, 0.3) is 10.9 Å². The van der Waals surface area contributed by atoms with E-state index in [-0.39, 0.29) is 10.6 Å². The van der Waals surface area contributed by atoms with Crippen LogP contribution in [0.5, 0.6) is 0 Å².